The Balaban J connectivity index is 1.58. The van der Waals surface area contributed by atoms with Gasteiger partial charge in [-0.3, -0.25) is 9.78 Å². The highest BCUT2D eigenvalue weighted by atomic mass is 16.5. The number of carbonyl (C=O) groups is 1. The van der Waals surface area contributed by atoms with Crippen molar-refractivity contribution in [2.75, 3.05) is 0 Å². The molecule has 0 aliphatic heterocycles. The SMILES string of the molecule is CC(C)C(NC(=O)c1ccc2ncccc2c1)c1nc(-c2ccccc2)no1. The highest BCUT2D eigenvalue weighted by molar-refractivity contribution is 5.98. The van der Waals surface area contributed by atoms with Gasteiger partial charge in [-0.1, -0.05) is 55.4 Å². The molecule has 2 heterocycles. The van der Waals surface area contributed by atoms with Crippen LogP contribution in [0.1, 0.15) is 36.1 Å². The van der Waals surface area contributed by atoms with Gasteiger partial charge in [0.2, 0.25) is 11.7 Å². The first-order chi connectivity index (χ1) is 13.6. The Hall–Kier alpha value is -3.54. The van der Waals surface area contributed by atoms with E-state index in [1.807, 2.05) is 68.4 Å². The number of pyridine rings is 1. The topological polar surface area (TPSA) is 80.9 Å². The summed E-state index contributed by atoms with van der Waals surface area (Å²) in [5, 5.41) is 8.00. The lowest BCUT2D eigenvalue weighted by atomic mass is 10.0. The van der Waals surface area contributed by atoms with Crippen LogP contribution in [0.5, 0.6) is 0 Å². The summed E-state index contributed by atoms with van der Waals surface area (Å²) in [6, 6.07) is 18.4. The van der Waals surface area contributed by atoms with Crippen molar-refractivity contribution in [3.05, 3.63) is 78.3 Å². The number of amides is 1. The van der Waals surface area contributed by atoms with E-state index in [2.05, 4.69) is 20.4 Å². The van der Waals surface area contributed by atoms with Crippen molar-refractivity contribution in [1.29, 1.82) is 0 Å². The largest absolute Gasteiger partial charge is 0.340 e. The fraction of sp³-hybridized carbons (Fsp3) is 0.182. The van der Waals surface area contributed by atoms with Crippen molar-refractivity contribution in [3.63, 3.8) is 0 Å². The van der Waals surface area contributed by atoms with E-state index >= 15 is 0 Å². The molecule has 4 rings (SSSR count). The fourth-order valence-electron chi connectivity index (χ4n) is 3.02. The average Bonchev–Trinajstić information content (AvgIpc) is 3.21. The highest BCUT2D eigenvalue weighted by Crippen LogP contribution is 2.24. The van der Waals surface area contributed by atoms with Crippen LogP contribution in [0.3, 0.4) is 0 Å². The number of nitrogens with zero attached hydrogens (tertiary/aromatic N) is 3. The number of carbonyl (C=O) groups excluding carboxylic acids is 1. The molecule has 6 heteroatoms. The Labute approximate surface area is 162 Å². The summed E-state index contributed by atoms with van der Waals surface area (Å²) in [6.07, 6.45) is 1.73. The molecule has 140 valence electrons. The summed E-state index contributed by atoms with van der Waals surface area (Å²) in [6.45, 7) is 4.00. The molecule has 6 nitrogen and oxygen atoms in total. The lowest BCUT2D eigenvalue weighted by Gasteiger charge is -2.18. The maximum atomic E-state index is 12.8. The highest BCUT2D eigenvalue weighted by Gasteiger charge is 2.25. The first-order valence-corrected chi connectivity index (χ1v) is 9.16. The Morgan fingerprint density at radius 2 is 1.86 bits per heavy atom. The summed E-state index contributed by atoms with van der Waals surface area (Å²) >= 11 is 0. The van der Waals surface area contributed by atoms with Crippen molar-refractivity contribution in [2.24, 2.45) is 5.92 Å². The van der Waals surface area contributed by atoms with Gasteiger partial charge in [0.05, 0.1) is 5.52 Å². The van der Waals surface area contributed by atoms with Crippen molar-refractivity contribution in [1.82, 2.24) is 20.4 Å². The van der Waals surface area contributed by atoms with E-state index in [9.17, 15) is 4.79 Å². The quantitative estimate of drug-likeness (QED) is 0.561. The van der Waals surface area contributed by atoms with E-state index < -0.39 is 0 Å². The van der Waals surface area contributed by atoms with Crippen LogP contribution in [-0.2, 0) is 0 Å². The van der Waals surface area contributed by atoms with Crippen LogP contribution in [0, 0.1) is 5.92 Å². The molecule has 4 aromatic rings. The molecule has 2 aromatic carbocycles. The molecule has 0 saturated heterocycles. The molecule has 2 aromatic heterocycles. The van der Waals surface area contributed by atoms with Crippen LogP contribution < -0.4 is 5.32 Å². The third-order valence-electron chi connectivity index (χ3n) is 4.56. The summed E-state index contributed by atoms with van der Waals surface area (Å²) in [5.41, 5.74) is 2.28. The number of aromatic nitrogens is 3. The number of fused-ring (bicyclic) bond motifs is 1. The second-order valence-electron chi connectivity index (χ2n) is 6.93. The molecule has 0 aliphatic rings. The maximum absolute atomic E-state index is 12.8. The average molecular weight is 372 g/mol. The van der Waals surface area contributed by atoms with E-state index in [0.29, 0.717) is 17.3 Å². The predicted octanol–water partition coefficient (Wildman–Crippen LogP) is 4.41. The zero-order chi connectivity index (χ0) is 19.5. The molecule has 0 bridgehead atoms. The van der Waals surface area contributed by atoms with Gasteiger partial charge in [-0.25, -0.2) is 0 Å². The van der Waals surface area contributed by atoms with E-state index in [-0.39, 0.29) is 17.9 Å². The van der Waals surface area contributed by atoms with E-state index in [1.54, 1.807) is 12.3 Å². The molecule has 1 amide bonds. The summed E-state index contributed by atoms with van der Waals surface area (Å²) in [5.74, 6) is 0.788. The number of nitrogens with one attached hydrogen (secondary N) is 1. The smallest absolute Gasteiger partial charge is 0.251 e. The third-order valence-corrected chi connectivity index (χ3v) is 4.56. The minimum absolute atomic E-state index is 0.0788. The Morgan fingerprint density at radius 1 is 1.04 bits per heavy atom. The molecular formula is C22H20N4O2. The number of hydrogen-bond acceptors (Lipinski definition) is 5. The van der Waals surface area contributed by atoms with E-state index in [4.69, 9.17) is 4.52 Å². The van der Waals surface area contributed by atoms with Crippen molar-refractivity contribution < 1.29 is 9.32 Å². The number of rotatable bonds is 5. The van der Waals surface area contributed by atoms with Gasteiger partial charge in [0.25, 0.3) is 5.91 Å². The van der Waals surface area contributed by atoms with Crippen LogP contribution in [0.2, 0.25) is 0 Å². The van der Waals surface area contributed by atoms with Crippen molar-refractivity contribution >= 4 is 16.8 Å². The van der Waals surface area contributed by atoms with Crippen LogP contribution in [0.4, 0.5) is 0 Å². The van der Waals surface area contributed by atoms with Gasteiger partial charge in [-0.15, -0.1) is 0 Å². The number of benzene rings is 2. The standard InChI is InChI=1S/C22H20N4O2/c1-14(2)19(22-25-20(26-28-22)15-7-4-3-5-8-15)24-21(27)17-10-11-18-16(13-17)9-6-12-23-18/h3-14,19H,1-2H3,(H,24,27). The molecule has 0 spiro atoms. The summed E-state index contributed by atoms with van der Waals surface area (Å²) in [7, 11) is 0. The van der Waals surface area contributed by atoms with Crippen molar-refractivity contribution in [2.45, 2.75) is 19.9 Å². The molecule has 1 N–H and O–H groups in total. The van der Waals surface area contributed by atoms with Crippen LogP contribution in [0.25, 0.3) is 22.3 Å². The zero-order valence-electron chi connectivity index (χ0n) is 15.7. The van der Waals surface area contributed by atoms with Gasteiger partial charge in [-0.05, 0) is 30.2 Å². The van der Waals surface area contributed by atoms with Gasteiger partial charge < -0.3 is 9.84 Å². The fourth-order valence-corrected chi connectivity index (χ4v) is 3.02. The first-order valence-electron chi connectivity index (χ1n) is 9.16. The minimum atomic E-state index is -0.387. The predicted molar refractivity (Wildman–Crippen MR) is 107 cm³/mol. The Kier molecular flexibility index (Phi) is 4.85. The Morgan fingerprint density at radius 3 is 2.64 bits per heavy atom. The van der Waals surface area contributed by atoms with Crippen LogP contribution in [0.15, 0.2) is 71.4 Å². The monoisotopic (exact) mass is 372 g/mol. The molecular weight excluding hydrogens is 352 g/mol. The van der Waals surface area contributed by atoms with Gasteiger partial charge >= 0.3 is 0 Å². The van der Waals surface area contributed by atoms with Gasteiger partial charge in [0.1, 0.15) is 6.04 Å². The third kappa shape index (κ3) is 3.62. The van der Waals surface area contributed by atoms with Crippen LogP contribution >= 0.6 is 0 Å². The van der Waals surface area contributed by atoms with E-state index in [0.717, 1.165) is 16.5 Å². The molecule has 0 radical (unpaired) electrons. The molecule has 28 heavy (non-hydrogen) atoms. The molecule has 0 saturated carbocycles. The first kappa shape index (κ1) is 17.9. The normalized spacial score (nSPS) is 12.2. The van der Waals surface area contributed by atoms with Crippen LogP contribution in [-0.4, -0.2) is 21.0 Å². The summed E-state index contributed by atoms with van der Waals surface area (Å²) < 4.78 is 5.46. The maximum Gasteiger partial charge on any atom is 0.251 e. The lowest BCUT2D eigenvalue weighted by Crippen LogP contribution is -2.32. The Bertz CT molecular complexity index is 1110. The molecule has 1 atom stereocenters. The minimum Gasteiger partial charge on any atom is -0.340 e. The lowest BCUT2D eigenvalue weighted by molar-refractivity contribution is 0.0914. The summed E-state index contributed by atoms with van der Waals surface area (Å²) in [4.78, 5) is 21.6. The molecule has 1 unspecified atom stereocenters. The van der Waals surface area contributed by atoms with Gasteiger partial charge in [0.15, 0.2) is 0 Å². The van der Waals surface area contributed by atoms with Gasteiger partial charge in [0, 0.05) is 22.7 Å². The molecule has 0 fully saturated rings. The van der Waals surface area contributed by atoms with Crippen molar-refractivity contribution in [3.8, 4) is 11.4 Å². The van der Waals surface area contributed by atoms with E-state index in [1.165, 1.54) is 0 Å². The second-order valence-corrected chi connectivity index (χ2v) is 6.93. The zero-order valence-corrected chi connectivity index (χ0v) is 15.7. The second kappa shape index (κ2) is 7.60. The number of hydrogen-bond donors (Lipinski definition) is 1. The van der Waals surface area contributed by atoms with Gasteiger partial charge in [-0.2, -0.15) is 4.98 Å². The molecule has 0 aliphatic carbocycles.